The van der Waals surface area contributed by atoms with Gasteiger partial charge in [-0.3, -0.25) is 4.21 Å². The van der Waals surface area contributed by atoms with E-state index in [0.29, 0.717) is 5.69 Å². The SMILES string of the molecule is O=C=Nc1ccc(S(=O)[O-])cc1. The molecule has 12 heavy (non-hydrogen) atoms. The van der Waals surface area contributed by atoms with Crippen molar-refractivity contribution < 1.29 is 13.6 Å². The van der Waals surface area contributed by atoms with Gasteiger partial charge in [0.05, 0.1) is 5.69 Å². The van der Waals surface area contributed by atoms with E-state index in [1.807, 2.05) is 0 Å². The molecule has 0 spiro atoms. The Kier molecular flexibility index (Phi) is 2.88. The maximum atomic E-state index is 10.4. The normalized spacial score (nSPS) is 11.8. The lowest BCUT2D eigenvalue weighted by atomic mass is 10.3. The molecule has 0 aliphatic carbocycles. The highest BCUT2D eigenvalue weighted by molar-refractivity contribution is 7.79. The van der Waals surface area contributed by atoms with Crippen molar-refractivity contribution in [2.45, 2.75) is 4.90 Å². The number of aliphatic imine (C=N–C) groups is 1. The van der Waals surface area contributed by atoms with Crippen molar-refractivity contribution in [3.05, 3.63) is 24.3 Å². The van der Waals surface area contributed by atoms with Crippen LogP contribution in [0.25, 0.3) is 0 Å². The molecular formula is C7H4NO3S-. The smallest absolute Gasteiger partial charge is 0.240 e. The zero-order valence-electron chi connectivity index (χ0n) is 5.89. The van der Waals surface area contributed by atoms with Crippen LogP contribution in [0, 0.1) is 0 Å². The van der Waals surface area contributed by atoms with Crippen LogP contribution in [-0.4, -0.2) is 14.8 Å². The van der Waals surface area contributed by atoms with Crippen LogP contribution in [0.3, 0.4) is 0 Å². The molecule has 0 heterocycles. The highest BCUT2D eigenvalue weighted by Gasteiger charge is 1.91. The van der Waals surface area contributed by atoms with Crippen molar-refractivity contribution in [2.24, 2.45) is 4.99 Å². The standard InChI is InChI=1S/C7H5NO3S/c9-5-8-6-1-3-7(4-2-6)12(10)11/h1-4H,(H,10,11)/p-1. The van der Waals surface area contributed by atoms with Crippen LogP contribution in [0.2, 0.25) is 0 Å². The van der Waals surface area contributed by atoms with Crippen molar-refractivity contribution in [3.8, 4) is 0 Å². The summed E-state index contributed by atoms with van der Waals surface area (Å²) in [6, 6.07) is 5.57. The van der Waals surface area contributed by atoms with E-state index in [-0.39, 0.29) is 4.90 Å². The first-order valence-electron chi connectivity index (χ1n) is 3.01. The summed E-state index contributed by atoms with van der Waals surface area (Å²) < 4.78 is 20.7. The largest absolute Gasteiger partial charge is 0.768 e. The monoisotopic (exact) mass is 182 g/mol. The number of hydrogen-bond acceptors (Lipinski definition) is 4. The maximum Gasteiger partial charge on any atom is 0.240 e. The minimum absolute atomic E-state index is 0.167. The zero-order chi connectivity index (χ0) is 8.97. The third-order valence-electron chi connectivity index (χ3n) is 1.20. The van der Waals surface area contributed by atoms with Crippen molar-refractivity contribution >= 4 is 22.8 Å². The molecule has 4 nitrogen and oxygen atoms in total. The van der Waals surface area contributed by atoms with Crippen LogP contribution < -0.4 is 0 Å². The first-order chi connectivity index (χ1) is 5.74. The predicted octanol–water partition coefficient (Wildman–Crippen LogP) is 0.892. The van der Waals surface area contributed by atoms with Crippen molar-refractivity contribution in [2.75, 3.05) is 0 Å². The first-order valence-corrected chi connectivity index (χ1v) is 4.09. The topological polar surface area (TPSA) is 69.6 Å². The molecule has 1 rings (SSSR count). The van der Waals surface area contributed by atoms with Gasteiger partial charge in [0.25, 0.3) is 0 Å². The summed E-state index contributed by atoms with van der Waals surface area (Å²) in [5.74, 6) is 0. The summed E-state index contributed by atoms with van der Waals surface area (Å²) in [6.07, 6.45) is 1.35. The van der Waals surface area contributed by atoms with Gasteiger partial charge in [0.2, 0.25) is 6.08 Å². The molecule has 62 valence electrons. The van der Waals surface area contributed by atoms with Gasteiger partial charge in [-0.15, -0.1) is 0 Å². The van der Waals surface area contributed by atoms with E-state index in [0.717, 1.165) is 0 Å². The lowest BCUT2D eigenvalue weighted by Gasteiger charge is -2.03. The number of isocyanates is 1. The second-order valence-electron chi connectivity index (χ2n) is 1.93. The Morgan fingerprint density at radius 1 is 1.33 bits per heavy atom. The molecule has 0 fully saturated rings. The van der Waals surface area contributed by atoms with Crippen molar-refractivity contribution in [1.82, 2.24) is 0 Å². The molecule has 1 unspecified atom stereocenters. The molecular weight excluding hydrogens is 178 g/mol. The van der Waals surface area contributed by atoms with Gasteiger partial charge in [-0.25, -0.2) is 4.79 Å². The van der Waals surface area contributed by atoms with E-state index in [1.54, 1.807) is 0 Å². The Morgan fingerprint density at radius 3 is 2.33 bits per heavy atom. The molecule has 0 amide bonds. The van der Waals surface area contributed by atoms with Crippen LogP contribution in [-0.2, 0) is 15.9 Å². The number of rotatable bonds is 2. The molecule has 0 saturated heterocycles. The van der Waals surface area contributed by atoms with Crippen LogP contribution in [0.5, 0.6) is 0 Å². The van der Waals surface area contributed by atoms with Crippen LogP contribution in [0.4, 0.5) is 5.69 Å². The highest BCUT2D eigenvalue weighted by Crippen LogP contribution is 2.13. The first kappa shape index (κ1) is 8.80. The Hall–Kier alpha value is -1.29. The van der Waals surface area contributed by atoms with Gasteiger partial charge in [-0.05, 0) is 35.3 Å². The van der Waals surface area contributed by atoms with Crippen molar-refractivity contribution in [3.63, 3.8) is 0 Å². The Balaban J connectivity index is 3.00. The Bertz CT molecular complexity index is 319. The van der Waals surface area contributed by atoms with E-state index >= 15 is 0 Å². The third kappa shape index (κ3) is 2.10. The quantitative estimate of drug-likeness (QED) is 0.387. The third-order valence-corrected chi connectivity index (χ3v) is 1.86. The fourth-order valence-electron chi connectivity index (χ4n) is 0.684. The lowest BCUT2D eigenvalue weighted by Crippen LogP contribution is -1.86. The van der Waals surface area contributed by atoms with Crippen molar-refractivity contribution in [1.29, 1.82) is 0 Å². The van der Waals surface area contributed by atoms with Gasteiger partial charge in [-0.2, -0.15) is 4.99 Å². The van der Waals surface area contributed by atoms with Gasteiger partial charge in [0, 0.05) is 4.90 Å². The summed E-state index contributed by atoms with van der Waals surface area (Å²) in [5, 5.41) is 0. The predicted molar refractivity (Wildman–Crippen MR) is 41.4 cm³/mol. The van der Waals surface area contributed by atoms with Gasteiger partial charge >= 0.3 is 0 Å². The fourth-order valence-corrected chi connectivity index (χ4v) is 1.04. The van der Waals surface area contributed by atoms with E-state index in [1.165, 1.54) is 30.3 Å². The molecule has 0 bridgehead atoms. The number of carbonyl (C=O) groups excluding carboxylic acids is 1. The van der Waals surface area contributed by atoms with Crippen LogP contribution in [0.1, 0.15) is 0 Å². The molecule has 0 aliphatic rings. The Labute approximate surface area is 71.2 Å². The molecule has 1 atom stereocenters. The molecule has 5 heteroatoms. The van der Waals surface area contributed by atoms with Gasteiger partial charge in [-0.1, -0.05) is 0 Å². The fraction of sp³-hybridized carbons (Fsp3) is 0. The average Bonchev–Trinajstić information content (AvgIpc) is 2.06. The van der Waals surface area contributed by atoms with E-state index in [4.69, 9.17) is 0 Å². The van der Waals surface area contributed by atoms with Crippen LogP contribution >= 0.6 is 0 Å². The molecule has 1 aromatic carbocycles. The second-order valence-corrected chi connectivity index (χ2v) is 2.87. The molecule has 0 radical (unpaired) electrons. The van der Waals surface area contributed by atoms with E-state index in [2.05, 4.69) is 4.99 Å². The minimum atomic E-state index is -2.23. The summed E-state index contributed by atoms with van der Waals surface area (Å²) in [4.78, 5) is 13.2. The van der Waals surface area contributed by atoms with E-state index < -0.39 is 11.1 Å². The molecule has 0 saturated carbocycles. The summed E-state index contributed by atoms with van der Waals surface area (Å²) in [6.45, 7) is 0. The summed E-state index contributed by atoms with van der Waals surface area (Å²) >= 11 is -2.23. The number of benzene rings is 1. The Morgan fingerprint density at radius 2 is 1.92 bits per heavy atom. The zero-order valence-corrected chi connectivity index (χ0v) is 6.71. The van der Waals surface area contributed by atoms with Crippen LogP contribution in [0.15, 0.2) is 34.2 Å². The maximum absolute atomic E-state index is 10.4. The lowest BCUT2D eigenvalue weighted by molar-refractivity contribution is 0.537. The van der Waals surface area contributed by atoms with Gasteiger partial charge in [0.1, 0.15) is 0 Å². The molecule has 1 aromatic rings. The summed E-state index contributed by atoms with van der Waals surface area (Å²) in [7, 11) is 0. The number of nitrogens with zero attached hydrogens (tertiary/aromatic N) is 1. The molecule has 0 N–H and O–H groups in total. The molecule has 0 aromatic heterocycles. The van der Waals surface area contributed by atoms with E-state index in [9.17, 15) is 13.6 Å². The number of hydrogen-bond donors (Lipinski definition) is 0. The highest BCUT2D eigenvalue weighted by atomic mass is 32.2. The average molecular weight is 182 g/mol. The molecule has 0 aliphatic heterocycles. The van der Waals surface area contributed by atoms with Gasteiger partial charge in [0.15, 0.2) is 0 Å². The second kappa shape index (κ2) is 3.92. The minimum Gasteiger partial charge on any atom is -0.768 e. The summed E-state index contributed by atoms with van der Waals surface area (Å²) in [5.41, 5.74) is 0.388. The van der Waals surface area contributed by atoms with Gasteiger partial charge < -0.3 is 4.55 Å².